The van der Waals surface area contributed by atoms with Crippen molar-refractivity contribution in [2.75, 3.05) is 12.3 Å². The van der Waals surface area contributed by atoms with Gasteiger partial charge in [-0.15, -0.1) is 0 Å². The highest BCUT2D eigenvalue weighted by molar-refractivity contribution is 6.39. The number of primary amides is 1. The number of hydrogen-bond donors (Lipinski definition) is 3. The molecule has 0 spiro atoms. The number of nitrogens with two attached hydrogens (primary N) is 2. The van der Waals surface area contributed by atoms with Crippen LogP contribution in [0.3, 0.4) is 0 Å². The van der Waals surface area contributed by atoms with Gasteiger partial charge in [0.05, 0.1) is 15.7 Å². The number of benzene rings is 1. The van der Waals surface area contributed by atoms with Crippen molar-refractivity contribution in [3.8, 4) is 0 Å². The van der Waals surface area contributed by atoms with Gasteiger partial charge in [-0.2, -0.15) is 0 Å². The molecular weight excluding hydrogens is 289 g/mol. The zero-order valence-electron chi connectivity index (χ0n) is 10.2. The van der Waals surface area contributed by atoms with Crippen molar-refractivity contribution in [1.29, 1.82) is 0 Å². The molecule has 0 bridgehead atoms. The van der Waals surface area contributed by atoms with Crippen LogP contribution in [0.1, 0.15) is 29.6 Å². The van der Waals surface area contributed by atoms with Gasteiger partial charge in [-0.1, -0.05) is 23.2 Å². The average Bonchev–Trinajstić information content (AvgIpc) is 2.34. The fraction of sp³-hybridized carbons (Fsp3) is 0.333. The summed E-state index contributed by atoms with van der Waals surface area (Å²) >= 11 is 11.7. The Balaban J connectivity index is 2.48. The van der Waals surface area contributed by atoms with Crippen molar-refractivity contribution in [2.24, 2.45) is 5.73 Å². The van der Waals surface area contributed by atoms with E-state index in [-0.39, 0.29) is 27.5 Å². The van der Waals surface area contributed by atoms with Gasteiger partial charge in [0.25, 0.3) is 5.91 Å². The van der Waals surface area contributed by atoms with Gasteiger partial charge < -0.3 is 16.8 Å². The summed E-state index contributed by atoms with van der Waals surface area (Å²) in [6, 6.07) is 2.92. The topological polar surface area (TPSA) is 98.2 Å². The van der Waals surface area contributed by atoms with E-state index in [0.717, 1.165) is 0 Å². The van der Waals surface area contributed by atoms with E-state index in [1.165, 1.54) is 12.1 Å². The Hall–Kier alpha value is -1.46. The molecule has 0 saturated carbocycles. The molecule has 7 heteroatoms. The largest absolute Gasteiger partial charge is 0.396 e. The van der Waals surface area contributed by atoms with Crippen LogP contribution in [0.2, 0.25) is 10.0 Å². The third kappa shape index (κ3) is 4.96. The third-order valence-electron chi connectivity index (χ3n) is 2.48. The highest BCUT2D eigenvalue weighted by Crippen LogP contribution is 2.28. The molecule has 0 saturated heterocycles. The Morgan fingerprint density at radius 1 is 1.16 bits per heavy atom. The van der Waals surface area contributed by atoms with Gasteiger partial charge in [0.15, 0.2) is 0 Å². The Morgan fingerprint density at radius 3 is 2.26 bits per heavy atom. The molecule has 1 aromatic rings. The van der Waals surface area contributed by atoms with E-state index < -0.39 is 0 Å². The molecule has 0 atom stereocenters. The minimum absolute atomic E-state index is 0.242. The monoisotopic (exact) mass is 303 g/mol. The van der Waals surface area contributed by atoms with Gasteiger partial charge in [0.2, 0.25) is 5.91 Å². The fourth-order valence-electron chi connectivity index (χ4n) is 1.44. The standard InChI is InChI=1S/C12H15Cl2N3O2/c13-8-5-7(6-9(14)11(8)16)12(19)17-4-2-1-3-10(15)18/h5-6H,1-4,16H2,(H2,15,18)(H,17,19). The molecule has 19 heavy (non-hydrogen) atoms. The van der Waals surface area contributed by atoms with Gasteiger partial charge in [-0.3, -0.25) is 9.59 Å². The van der Waals surface area contributed by atoms with Crippen LogP contribution in [0.25, 0.3) is 0 Å². The molecule has 0 radical (unpaired) electrons. The number of carbonyl (C=O) groups excluding carboxylic acids is 2. The Kier molecular flexibility index (Phi) is 5.92. The maximum absolute atomic E-state index is 11.8. The zero-order valence-corrected chi connectivity index (χ0v) is 11.7. The molecule has 5 N–H and O–H groups in total. The number of anilines is 1. The Labute approximate surface area is 121 Å². The van der Waals surface area contributed by atoms with Gasteiger partial charge in [-0.25, -0.2) is 0 Å². The van der Waals surface area contributed by atoms with Crippen LogP contribution in [0.4, 0.5) is 5.69 Å². The third-order valence-corrected chi connectivity index (χ3v) is 3.10. The molecule has 0 fully saturated rings. The Morgan fingerprint density at radius 2 is 1.74 bits per heavy atom. The minimum atomic E-state index is -0.344. The summed E-state index contributed by atoms with van der Waals surface area (Å²) in [6.07, 6.45) is 1.62. The summed E-state index contributed by atoms with van der Waals surface area (Å²) in [5.41, 5.74) is 11.2. The summed E-state index contributed by atoms with van der Waals surface area (Å²) in [7, 11) is 0. The summed E-state index contributed by atoms with van der Waals surface area (Å²) in [5.74, 6) is -0.633. The quantitative estimate of drug-likeness (QED) is 0.553. The second kappa shape index (κ2) is 7.21. The summed E-state index contributed by atoms with van der Waals surface area (Å²) in [4.78, 5) is 22.3. The zero-order chi connectivity index (χ0) is 14.4. The first-order chi connectivity index (χ1) is 8.91. The van der Waals surface area contributed by atoms with Crippen LogP contribution < -0.4 is 16.8 Å². The van der Waals surface area contributed by atoms with Crippen LogP contribution in [0, 0.1) is 0 Å². The molecule has 0 unspecified atom stereocenters. The summed E-state index contributed by atoms with van der Waals surface area (Å²) in [6.45, 7) is 0.450. The molecule has 0 aliphatic rings. The molecular formula is C12H15Cl2N3O2. The number of halogens is 2. The first kappa shape index (κ1) is 15.6. The highest BCUT2D eigenvalue weighted by atomic mass is 35.5. The first-order valence-corrected chi connectivity index (χ1v) is 6.48. The number of nitrogen functional groups attached to an aromatic ring is 1. The van der Waals surface area contributed by atoms with Crippen molar-refractivity contribution < 1.29 is 9.59 Å². The second-order valence-electron chi connectivity index (χ2n) is 4.03. The van der Waals surface area contributed by atoms with Crippen molar-refractivity contribution in [2.45, 2.75) is 19.3 Å². The van der Waals surface area contributed by atoms with Gasteiger partial charge in [0, 0.05) is 18.5 Å². The maximum atomic E-state index is 11.8. The predicted molar refractivity (Wildman–Crippen MR) is 76.3 cm³/mol. The highest BCUT2D eigenvalue weighted by Gasteiger charge is 2.10. The van der Waals surface area contributed by atoms with Crippen molar-refractivity contribution in [3.63, 3.8) is 0 Å². The van der Waals surface area contributed by atoms with Crippen LogP contribution in [-0.4, -0.2) is 18.4 Å². The summed E-state index contributed by atoms with van der Waals surface area (Å²) in [5, 5.41) is 3.18. The minimum Gasteiger partial charge on any atom is -0.396 e. The molecule has 104 valence electrons. The number of carbonyl (C=O) groups is 2. The lowest BCUT2D eigenvalue weighted by atomic mass is 10.2. The van der Waals surface area contributed by atoms with E-state index in [0.29, 0.717) is 31.4 Å². The van der Waals surface area contributed by atoms with Crippen molar-refractivity contribution in [3.05, 3.63) is 27.7 Å². The lowest BCUT2D eigenvalue weighted by Crippen LogP contribution is -2.24. The van der Waals surface area contributed by atoms with Gasteiger partial charge in [0.1, 0.15) is 0 Å². The second-order valence-corrected chi connectivity index (χ2v) is 4.85. The van der Waals surface area contributed by atoms with E-state index in [1.54, 1.807) is 0 Å². The normalized spacial score (nSPS) is 10.2. The van der Waals surface area contributed by atoms with E-state index >= 15 is 0 Å². The number of unbranched alkanes of at least 4 members (excludes halogenated alkanes) is 1. The first-order valence-electron chi connectivity index (χ1n) is 5.73. The van der Waals surface area contributed by atoms with Gasteiger partial charge >= 0.3 is 0 Å². The fourth-order valence-corrected chi connectivity index (χ4v) is 1.93. The van der Waals surface area contributed by atoms with E-state index in [9.17, 15) is 9.59 Å². The predicted octanol–water partition coefficient (Wildman–Crippen LogP) is 1.96. The molecule has 0 aliphatic carbocycles. The smallest absolute Gasteiger partial charge is 0.251 e. The SMILES string of the molecule is NC(=O)CCCCNC(=O)c1cc(Cl)c(N)c(Cl)c1. The molecule has 2 amide bonds. The van der Waals surface area contributed by atoms with Gasteiger partial charge in [-0.05, 0) is 25.0 Å². The molecule has 0 aliphatic heterocycles. The Bertz CT molecular complexity index is 469. The van der Waals surface area contributed by atoms with Crippen molar-refractivity contribution >= 4 is 40.7 Å². The molecule has 5 nitrogen and oxygen atoms in total. The van der Waals surface area contributed by atoms with E-state index in [4.69, 9.17) is 34.7 Å². The molecule has 1 aromatic carbocycles. The number of amides is 2. The number of rotatable bonds is 6. The lowest BCUT2D eigenvalue weighted by Gasteiger charge is -2.07. The van der Waals surface area contributed by atoms with Crippen LogP contribution in [0.5, 0.6) is 0 Å². The maximum Gasteiger partial charge on any atom is 0.251 e. The summed E-state index contributed by atoms with van der Waals surface area (Å²) < 4.78 is 0. The van der Waals surface area contributed by atoms with E-state index in [1.807, 2.05) is 0 Å². The number of nitrogens with one attached hydrogen (secondary N) is 1. The van der Waals surface area contributed by atoms with Crippen LogP contribution >= 0.6 is 23.2 Å². The number of hydrogen-bond acceptors (Lipinski definition) is 3. The lowest BCUT2D eigenvalue weighted by molar-refractivity contribution is -0.118. The molecule has 1 rings (SSSR count). The molecule has 0 heterocycles. The van der Waals surface area contributed by atoms with E-state index in [2.05, 4.69) is 5.32 Å². The van der Waals surface area contributed by atoms with Crippen LogP contribution in [0.15, 0.2) is 12.1 Å². The van der Waals surface area contributed by atoms with Crippen molar-refractivity contribution in [1.82, 2.24) is 5.32 Å². The average molecular weight is 304 g/mol. The molecule has 0 aromatic heterocycles. The van der Waals surface area contributed by atoms with Crippen LogP contribution in [-0.2, 0) is 4.79 Å².